The summed E-state index contributed by atoms with van der Waals surface area (Å²) in [5.74, 6) is 0.677. The van der Waals surface area contributed by atoms with Crippen LogP contribution in [-0.4, -0.2) is 50.7 Å². The zero-order chi connectivity index (χ0) is 12.6. The number of methoxy groups -OCH3 is 1. The molecule has 0 N–H and O–H groups in total. The van der Waals surface area contributed by atoms with Gasteiger partial charge in [-0.05, 0) is 26.7 Å². The van der Waals surface area contributed by atoms with E-state index >= 15 is 0 Å². The van der Waals surface area contributed by atoms with E-state index in [1.807, 2.05) is 13.8 Å². The summed E-state index contributed by atoms with van der Waals surface area (Å²) in [6.07, 6.45) is 1.35. The molecule has 98 valence electrons. The van der Waals surface area contributed by atoms with Crippen molar-refractivity contribution in [1.29, 1.82) is 0 Å². The Kier molecular flexibility index (Phi) is 8.36. The highest BCUT2D eigenvalue weighted by Crippen LogP contribution is 2.09. The van der Waals surface area contributed by atoms with Crippen LogP contribution >= 0.6 is 11.6 Å². The molecule has 0 amide bonds. The minimum absolute atomic E-state index is 0.0313. The molecule has 0 heterocycles. The molecule has 6 heteroatoms. The highest BCUT2D eigenvalue weighted by Gasteiger charge is 2.23. The number of rotatable bonds is 9. The molecule has 0 atom stereocenters. The lowest BCUT2D eigenvalue weighted by Gasteiger charge is -2.25. The van der Waals surface area contributed by atoms with E-state index in [2.05, 4.69) is 0 Å². The SMILES string of the molecule is COCCN(C(C)C)S(=O)(=O)CCCCCl. The molecule has 0 rings (SSSR count). The normalized spacial score (nSPS) is 12.6. The molecule has 0 saturated carbocycles. The number of hydrogen-bond acceptors (Lipinski definition) is 3. The maximum Gasteiger partial charge on any atom is 0.214 e. The molecule has 0 aromatic heterocycles. The Bertz CT molecular complexity index is 267. The fourth-order valence-corrected chi connectivity index (χ4v) is 3.38. The van der Waals surface area contributed by atoms with Crippen molar-refractivity contribution in [2.75, 3.05) is 31.9 Å². The Balaban J connectivity index is 4.38. The van der Waals surface area contributed by atoms with Crippen LogP contribution in [0, 0.1) is 0 Å². The molecule has 0 fully saturated rings. The fraction of sp³-hybridized carbons (Fsp3) is 1.00. The van der Waals surface area contributed by atoms with Crippen molar-refractivity contribution >= 4 is 21.6 Å². The second kappa shape index (κ2) is 8.28. The third kappa shape index (κ3) is 6.03. The molecule has 0 radical (unpaired) electrons. The third-order valence-corrected chi connectivity index (χ3v) is 4.63. The Labute approximate surface area is 104 Å². The molecule has 0 aliphatic carbocycles. The number of sulfonamides is 1. The van der Waals surface area contributed by atoms with Crippen LogP contribution in [-0.2, 0) is 14.8 Å². The molecule has 0 aromatic rings. The first-order valence-corrected chi connectivity index (χ1v) is 7.64. The van der Waals surface area contributed by atoms with Gasteiger partial charge in [0.2, 0.25) is 10.0 Å². The summed E-state index contributed by atoms with van der Waals surface area (Å²) in [6.45, 7) is 4.58. The number of alkyl halides is 1. The number of hydrogen-bond donors (Lipinski definition) is 0. The molecular weight excluding hydrogens is 250 g/mol. The number of ether oxygens (including phenoxy) is 1. The minimum Gasteiger partial charge on any atom is -0.383 e. The highest BCUT2D eigenvalue weighted by molar-refractivity contribution is 7.89. The topological polar surface area (TPSA) is 46.6 Å². The predicted octanol–water partition coefficient (Wildman–Crippen LogP) is 1.69. The molecule has 0 aliphatic rings. The smallest absolute Gasteiger partial charge is 0.214 e. The maximum absolute atomic E-state index is 12.0. The van der Waals surface area contributed by atoms with Crippen molar-refractivity contribution in [3.05, 3.63) is 0 Å². The third-order valence-electron chi connectivity index (χ3n) is 2.23. The van der Waals surface area contributed by atoms with Crippen LogP contribution < -0.4 is 0 Å². The summed E-state index contributed by atoms with van der Waals surface area (Å²) in [5.41, 5.74) is 0. The Morgan fingerprint density at radius 2 is 1.94 bits per heavy atom. The molecule has 4 nitrogen and oxygen atoms in total. The van der Waals surface area contributed by atoms with Gasteiger partial charge in [0, 0.05) is 25.6 Å². The predicted molar refractivity (Wildman–Crippen MR) is 67.5 cm³/mol. The lowest BCUT2D eigenvalue weighted by molar-refractivity contribution is 0.171. The van der Waals surface area contributed by atoms with Gasteiger partial charge in [0.05, 0.1) is 12.4 Å². The van der Waals surface area contributed by atoms with Crippen molar-refractivity contribution in [2.24, 2.45) is 0 Å². The number of nitrogens with zero attached hydrogens (tertiary/aromatic N) is 1. The van der Waals surface area contributed by atoms with E-state index < -0.39 is 10.0 Å². The molecule has 0 saturated heterocycles. The summed E-state index contributed by atoms with van der Waals surface area (Å²) < 4.78 is 30.4. The van der Waals surface area contributed by atoms with E-state index in [1.165, 1.54) is 4.31 Å². The lowest BCUT2D eigenvalue weighted by atomic mass is 10.4. The first kappa shape index (κ1) is 16.2. The monoisotopic (exact) mass is 271 g/mol. The zero-order valence-corrected chi connectivity index (χ0v) is 11.9. The Hall–Kier alpha value is 0.160. The number of halogens is 1. The van der Waals surface area contributed by atoms with E-state index in [9.17, 15) is 8.42 Å². The summed E-state index contributed by atoms with van der Waals surface area (Å²) >= 11 is 5.53. The van der Waals surface area contributed by atoms with Gasteiger partial charge in [-0.1, -0.05) is 0 Å². The fourth-order valence-electron chi connectivity index (χ4n) is 1.40. The van der Waals surface area contributed by atoms with E-state index in [4.69, 9.17) is 16.3 Å². The quantitative estimate of drug-likeness (QED) is 0.474. The van der Waals surface area contributed by atoms with Crippen molar-refractivity contribution in [3.63, 3.8) is 0 Å². The van der Waals surface area contributed by atoms with Gasteiger partial charge in [0.1, 0.15) is 0 Å². The Morgan fingerprint density at radius 3 is 2.38 bits per heavy atom. The second-order valence-corrected chi connectivity index (χ2v) is 6.33. The van der Waals surface area contributed by atoms with Crippen molar-refractivity contribution in [2.45, 2.75) is 32.7 Å². The summed E-state index contributed by atoms with van der Waals surface area (Å²) in [4.78, 5) is 0. The van der Waals surface area contributed by atoms with E-state index in [0.717, 1.165) is 6.42 Å². The van der Waals surface area contributed by atoms with Gasteiger partial charge in [-0.2, -0.15) is 4.31 Å². The maximum atomic E-state index is 12.0. The van der Waals surface area contributed by atoms with Gasteiger partial charge in [-0.25, -0.2) is 8.42 Å². The molecule has 0 unspecified atom stereocenters. The average molecular weight is 272 g/mol. The van der Waals surface area contributed by atoms with Crippen LogP contribution in [0.3, 0.4) is 0 Å². The summed E-state index contributed by atoms with van der Waals surface area (Å²) in [5, 5.41) is 0. The summed E-state index contributed by atoms with van der Waals surface area (Å²) in [7, 11) is -1.60. The molecule has 0 spiro atoms. The van der Waals surface area contributed by atoms with Crippen LogP contribution in [0.1, 0.15) is 26.7 Å². The van der Waals surface area contributed by atoms with Gasteiger partial charge in [0.25, 0.3) is 0 Å². The molecular formula is C10H22ClNO3S. The zero-order valence-electron chi connectivity index (χ0n) is 10.3. The van der Waals surface area contributed by atoms with Crippen molar-refractivity contribution < 1.29 is 13.2 Å². The molecule has 0 aromatic carbocycles. The minimum atomic E-state index is -3.17. The Morgan fingerprint density at radius 1 is 1.31 bits per heavy atom. The van der Waals surface area contributed by atoms with Gasteiger partial charge in [-0.3, -0.25) is 0 Å². The van der Waals surface area contributed by atoms with Crippen LogP contribution in [0.4, 0.5) is 0 Å². The second-order valence-electron chi connectivity index (χ2n) is 3.91. The first-order chi connectivity index (χ1) is 7.45. The van der Waals surface area contributed by atoms with E-state index in [1.54, 1.807) is 7.11 Å². The van der Waals surface area contributed by atoms with Crippen LogP contribution in [0.2, 0.25) is 0 Å². The van der Waals surface area contributed by atoms with Gasteiger partial charge >= 0.3 is 0 Å². The van der Waals surface area contributed by atoms with Crippen molar-refractivity contribution in [3.8, 4) is 0 Å². The van der Waals surface area contributed by atoms with E-state index in [0.29, 0.717) is 25.5 Å². The highest BCUT2D eigenvalue weighted by atomic mass is 35.5. The van der Waals surface area contributed by atoms with E-state index in [-0.39, 0.29) is 11.8 Å². The van der Waals surface area contributed by atoms with Gasteiger partial charge in [-0.15, -0.1) is 11.6 Å². The number of unbranched alkanes of at least 4 members (excludes halogenated alkanes) is 1. The first-order valence-electron chi connectivity index (χ1n) is 5.50. The van der Waals surface area contributed by atoms with Gasteiger partial charge < -0.3 is 4.74 Å². The van der Waals surface area contributed by atoms with Crippen LogP contribution in [0.25, 0.3) is 0 Å². The van der Waals surface area contributed by atoms with Gasteiger partial charge in [0.15, 0.2) is 0 Å². The van der Waals surface area contributed by atoms with Crippen molar-refractivity contribution in [1.82, 2.24) is 4.31 Å². The molecule has 16 heavy (non-hydrogen) atoms. The largest absolute Gasteiger partial charge is 0.383 e. The average Bonchev–Trinajstić information content (AvgIpc) is 2.17. The molecule has 0 bridgehead atoms. The van der Waals surface area contributed by atoms with Crippen LogP contribution in [0.5, 0.6) is 0 Å². The molecule has 0 aliphatic heterocycles. The lowest BCUT2D eigenvalue weighted by Crippen LogP contribution is -2.40. The summed E-state index contributed by atoms with van der Waals surface area (Å²) in [6, 6.07) is -0.0313. The van der Waals surface area contributed by atoms with Crippen LogP contribution in [0.15, 0.2) is 0 Å². The standard InChI is InChI=1S/C10H22ClNO3S/c1-10(2)12(7-8-15-3)16(13,14)9-5-4-6-11/h10H,4-9H2,1-3H3.